The van der Waals surface area contributed by atoms with E-state index in [-0.39, 0.29) is 6.61 Å². The van der Waals surface area contributed by atoms with Gasteiger partial charge in [-0.25, -0.2) is 4.98 Å². The fourth-order valence-electron chi connectivity index (χ4n) is 2.24. The Hall–Kier alpha value is -1.13. The molecular formula is C14H22N2O2. The van der Waals surface area contributed by atoms with Gasteiger partial charge >= 0.3 is 0 Å². The summed E-state index contributed by atoms with van der Waals surface area (Å²) in [6.45, 7) is 2.81. The van der Waals surface area contributed by atoms with E-state index in [1.54, 1.807) is 13.1 Å². The van der Waals surface area contributed by atoms with Gasteiger partial charge in [-0.05, 0) is 44.2 Å². The molecule has 0 aromatic carbocycles. The highest BCUT2D eigenvalue weighted by Gasteiger charge is 2.25. The average Bonchev–Trinajstić information content (AvgIpc) is 2.32. The summed E-state index contributed by atoms with van der Waals surface area (Å²) >= 11 is 0. The number of rotatable bonds is 6. The molecule has 2 N–H and O–H groups in total. The van der Waals surface area contributed by atoms with Crippen LogP contribution in [0.15, 0.2) is 18.3 Å². The number of nitrogens with zero attached hydrogens (tertiary/aromatic N) is 2. The molecule has 0 radical (unpaired) electrons. The summed E-state index contributed by atoms with van der Waals surface area (Å²) in [5.41, 5.74) is 0.842. The molecule has 1 aliphatic rings. The quantitative estimate of drug-likeness (QED) is 0.809. The van der Waals surface area contributed by atoms with E-state index in [0.717, 1.165) is 24.3 Å². The van der Waals surface area contributed by atoms with Gasteiger partial charge < -0.3 is 15.1 Å². The lowest BCUT2D eigenvalue weighted by Gasteiger charge is -2.38. The summed E-state index contributed by atoms with van der Waals surface area (Å²) in [5.74, 6) is 0.956. The first kappa shape index (κ1) is 13.3. The molecule has 1 aromatic heterocycles. The Bertz CT molecular complexity index is 361. The number of aliphatic hydroxyl groups is 2. The number of hydrogen-bond acceptors (Lipinski definition) is 4. The van der Waals surface area contributed by atoms with Crippen molar-refractivity contribution >= 4 is 5.82 Å². The van der Waals surface area contributed by atoms with Crippen LogP contribution in [0.5, 0.6) is 0 Å². The maximum absolute atomic E-state index is 9.47. The lowest BCUT2D eigenvalue weighted by molar-refractivity contribution is 0.199. The summed E-state index contributed by atoms with van der Waals surface area (Å²) < 4.78 is 0. The largest absolute Gasteiger partial charge is 0.396 e. The van der Waals surface area contributed by atoms with Crippen molar-refractivity contribution in [3.05, 3.63) is 23.9 Å². The molecule has 0 unspecified atom stereocenters. The van der Waals surface area contributed by atoms with Crippen molar-refractivity contribution in [2.75, 3.05) is 18.1 Å². The Labute approximate surface area is 108 Å². The van der Waals surface area contributed by atoms with E-state index in [0.29, 0.717) is 6.04 Å². The van der Waals surface area contributed by atoms with Gasteiger partial charge in [0.25, 0.3) is 0 Å². The molecule has 0 saturated heterocycles. The third kappa shape index (κ3) is 3.00. The predicted octanol–water partition coefficient (Wildman–Crippen LogP) is 1.88. The van der Waals surface area contributed by atoms with E-state index in [1.807, 2.05) is 12.1 Å². The Morgan fingerprint density at radius 2 is 2.22 bits per heavy atom. The second kappa shape index (κ2) is 6.16. The first-order valence-corrected chi connectivity index (χ1v) is 6.74. The molecule has 0 spiro atoms. The second-order valence-electron chi connectivity index (χ2n) is 4.98. The SMILES string of the molecule is C[C@H](O)c1ccc(N(CCCO)C2CCC2)nc1. The van der Waals surface area contributed by atoms with Crippen LogP contribution in [0.1, 0.15) is 44.3 Å². The molecule has 1 aliphatic carbocycles. The number of aliphatic hydroxyl groups excluding tert-OH is 2. The molecule has 1 fully saturated rings. The van der Waals surface area contributed by atoms with Crippen molar-refractivity contribution < 1.29 is 10.2 Å². The summed E-state index contributed by atoms with van der Waals surface area (Å²) in [4.78, 5) is 6.72. The minimum absolute atomic E-state index is 0.217. The van der Waals surface area contributed by atoms with Gasteiger partial charge in [-0.15, -0.1) is 0 Å². The van der Waals surface area contributed by atoms with Gasteiger partial charge in [0, 0.05) is 25.4 Å². The average molecular weight is 250 g/mol. The summed E-state index contributed by atoms with van der Waals surface area (Å²) in [5, 5.41) is 18.4. The molecule has 1 heterocycles. The summed E-state index contributed by atoms with van der Waals surface area (Å²) in [6.07, 6.45) is 5.75. The molecule has 1 aromatic rings. The molecule has 1 atom stereocenters. The Morgan fingerprint density at radius 1 is 1.44 bits per heavy atom. The molecule has 100 valence electrons. The van der Waals surface area contributed by atoms with E-state index in [2.05, 4.69) is 9.88 Å². The smallest absolute Gasteiger partial charge is 0.128 e. The standard InChI is InChI=1S/C14H22N2O2/c1-11(18)12-6-7-14(15-10-12)16(8-3-9-17)13-4-2-5-13/h6-7,10-11,13,17-18H,2-5,8-9H2,1H3/t11-/m0/s1. The molecule has 2 rings (SSSR count). The first-order chi connectivity index (χ1) is 8.72. The van der Waals surface area contributed by atoms with E-state index in [4.69, 9.17) is 5.11 Å². The van der Waals surface area contributed by atoms with Crippen molar-refractivity contribution in [1.82, 2.24) is 4.98 Å². The number of aromatic nitrogens is 1. The fraction of sp³-hybridized carbons (Fsp3) is 0.643. The normalized spacial score (nSPS) is 17.3. The number of pyridine rings is 1. The highest BCUT2D eigenvalue weighted by molar-refractivity contribution is 5.41. The van der Waals surface area contributed by atoms with Crippen LogP contribution in [0.4, 0.5) is 5.82 Å². The predicted molar refractivity (Wildman–Crippen MR) is 71.6 cm³/mol. The van der Waals surface area contributed by atoms with Crippen LogP contribution in [0.2, 0.25) is 0 Å². The zero-order chi connectivity index (χ0) is 13.0. The number of hydrogen-bond donors (Lipinski definition) is 2. The third-order valence-corrected chi connectivity index (χ3v) is 3.62. The van der Waals surface area contributed by atoms with Crippen LogP contribution >= 0.6 is 0 Å². The van der Waals surface area contributed by atoms with Crippen molar-refractivity contribution in [1.29, 1.82) is 0 Å². The van der Waals surface area contributed by atoms with Crippen molar-refractivity contribution in [3.63, 3.8) is 0 Å². The van der Waals surface area contributed by atoms with Gasteiger partial charge in [0.1, 0.15) is 5.82 Å². The van der Waals surface area contributed by atoms with Gasteiger partial charge in [0.15, 0.2) is 0 Å². The van der Waals surface area contributed by atoms with Crippen LogP contribution in [-0.2, 0) is 0 Å². The Kier molecular flexibility index (Phi) is 4.55. The molecule has 1 saturated carbocycles. The fourth-order valence-corrected chi connectivity index (χ4v) is 2.24. The maximum Gasteiger partial charge on any atom is 0.128 e. The van der Waals surface area contributed by atoms with Crippen LogP contribution in [0.3, 0.4) is 0 Å². The molecule has 0 amide bonds. The molecule has 18 heavy (non-hydrogen) atoms. The molecule has 4 heteroatoms. The zero-order valence-electron chi connectivity index (χ0n) is 10.9. The van der Waals surface area contributed by atoms with Gasteiger partial charge in [-0.3, -0.25) is 0 Å². The van der Waals surface area contributed by atoms with Gasteiger partial charge in [0.05, 0.1) is 6.10 Å². The lowest BCUT2D eigenvalue weighted by Crippen LogP contribution is -2.41. The van der Waals surface area contributed by atoms with Crippen molar-refractivity contribution in [3.8, 4) is 0 Å². The van der Waals surface area contributed by atoms with E-state index in [9.17, 15) is 5.11 Å². The van der Waals surface area contributed by atoms with E-state index in [1.165, 1.54) is 19.3 Å². The monoisotopic (exact) mass is 250 g/mol. The first-order valence-electron chi connectivity index (χ1n) is 6.74. The molecule has 4 nitrogen and oxygen atoms in total. The van der Waals surface area contributed by atoms with Gasteiger partial charge in [0.2, 0.25) is 0 Å². The van der Waals surface area contributed by atoms with Crippen molar-refractivity contribution in [2.45, 2.75) is 44.8 Å². The topological polar surface area (TPSA) is 56.6 Å². The minimum atomic E-state index is -0.471. The molecule has 0 aliphatic heterocycles. The molecule has 0 bridgehead atoms. The molecular weight excluding hydrogens is 228 g/mol. The van der Waals surface area contributed by atoms with E-state index >= 15 is 0 Å². The highest BCUT2D eigenvalue weighted by Crippen LogP contribution is 2.29. The third-order valence-electron chi connectivity index (χ3n) is 3.62. The van der Waals surface area contributed by atoms with Crippen LogP contribution in [-0.4, -0.2) is 34.4 Å². The lowest BCUT2D eigenvalue weighted by atomic mass is 9.91. The summed E-state index contributed by atoms with van der Waals surface area (Å²) in [7, 11) is 0. The van der Waals surface area contributed by atoms with E-state index < -0.39 is 6.10 Å². The van der Waals surface area contributed by atoms with Gasteiger partial charge in [-0.2, -0.15) is 0 Å². The Balaban J connectivity index is 2.08. The maximum atomic E-state index is 9.47. The second-order valence-corrected chi connectivity index (χ2v) is 4.98. The van der Waals surface area contributed by atoms with Gasteiger partial charge in [-0.1, -0.05) is 6.07 Å². The zero-order valence-corrected chi connectivity index (χ0v) is 10.9. The van der Waals surface area contributed by atoms with Crippen LogP contribution < -0.4 is 4.90 Å². The highest BCUT2D eigenvalue weighted by atomic mass is 16.3. The van der Waals surface area contributed by atoms with Crippen LogP contribution in [0.25, 0.3) is 0 Å². The van der Waals surface area contributed by atoms with Crippen LogP contribution in [0, 0.1) is 0 Å². The Morgan fingerprint density at radius 3 is 2.67 bits per heavy atom. The number of anilines is 1. The summed E-state index contributed by atoms with van der Waals surface area (Å²) in [6, 6.07) is 4.47. The van der Waals surface area contributed by atoms with Crippen molar-refractivity contribution in [2.24, 2.45) is 0 Å². The minimum Gasteiger partial charge on any atom is -0.396 e.